The van der Waals surface area contributed by atoms with Gasteiger partial charge in [0.05, 0.1) is 5.56 Å². The smallest absolute Gasteiger partial charge is 0.354 e. The minimum atomic E-state index is -4.39. The maximum Gasteiger partial charge on any atom is 0.416 e. The number of benzene rings is 2. The normalized spacial score (nSPS) is 11.8. The molecule has 4 nitrogen and oxygen atoms in total. The maximum atomic E-state index is 12.7. The lowest BCUT2D eigenvalue weighted by Gasteiger charge is -2.17. The lowest BCUT2D eigenvalue weighted by atomic mass is 9.96. The Morgan fingerprint density at radius 1 is 0.857 bits per heavy atom. The maximum absolute atomic E-state index is 12.7. The second kappa shape index (κ2) is 8.46. The molecule has 2 aromatic rings. The number of carbonyl (C=O) groups is 2. The molecule has 0 radical (unpaired) electrons. The number of hydrogen-bond donors (Lipinski definition) is 2. The van der Waals surface area contributed by atoms with Gasteiger partial charge >= 0.3 is 6.18 Å². The van der Waals surface area contributed by atoms with E-state index in [-0.39, 0.29) is 18.4 Å². The first-order valence-corrected chi connectivity index (χ1v) is 8.83. The average Bonchev–Trinajstić information content (AvgIpc) is 2.63. The van der Waals surface area contributed by atoms with Crippen molar-refractivity contribution in [1.82, 2.24) is 10.6 Å². The lowest BCUT2D eigenvalue weighted by molar-refractivity contribution is -0.137. The molecular formula is C21H23F3N2O2. The van der Waals surface area contributed by atoms with Gasteiger partial charge in [-0.25, -0.2) is 0 Å². The van der Waals surface area contributed by atoms with E-state index in [9.17, 15) is 22.8 Å². The highest BCUT2D eigenvalue weighted by atomic mass is 19.4. The molecular weight excluding hydrogens is 369 g/mol. The Balaban J connectivity index is 1.99. The fourth-order valence-corrected chi connectivity index (χ4v) is 2.41. The number of hydrogen-bond acceptors (Lipinski definition) is 2. The first-order chi connectivity index (χ1) is 13.0. The van der Waals surface area contributed by atoms with Crippen LogP contribution in [0.2, 0.25) is 0 Å². The van der Waals surface area contributed by atoms with Crippen LogP contribution in [0.25, 0.3) is 11.1 Å². The Labute approximate surface area is 162 Å². The second-order valence-corrected chi connectivity index (χ2v) is 7.42. The SMILES string of the molecule is CC(C)(C)C(=O)NCCNC(=O)c1cccc(-c2ccc(C(F)(F)F)cc2)c1. The van der Waals surface area contributed by atoms with Gasteiger partial charge in [-0.05, 0) is 35.4 Å². The Hall–Kier alpha value is -2.83. The molecule has 0 saturated carbocycles. The quantitative estimate of drug-likeness (QED) is 0.747. The standard InChI is InChI=1S/C21H23F3N2O2/c1-20(2,3)19(28)26-12-11-25-18(27)16-6-4-5-15(13-16)14-7-9-17(10-8-14)21(22,23)24/h4-10,13H,11-12H2,1-3H3,(H,25,27)(H,26,28). The largest absolute Gasteiger partial charge is 0.416 e. The molecule has 0 fully saturated rings. The van der Waals surface area contributed by atoms with Gasteiger partial charge in [-0.3, -0.25) is 9.59 Å². The molecule has 2 N–H and O–H groups in total. The summed E-state index contributed by atoms with van der Waals surface area (Å²) in [5.74, 6) is -0.426. The Kier molecular flexibility index (Phi) is 6.48. The Morgan fingerprint density at radius 2 is 1.46 bits per heavy atom. The van der Waals surface area contributed by atoms with E-state index < -0.39 is 17.2 Å². The Morgan fingerprint density at radius 3 is 2.04 bits per heavy atom. The van der Waals surface area contributed by atoms with E-state index >= 15 is 0 Å². The van der Waals surface area contributed by atoms with E-state index in [0.717, 1.165) is 12.1 Å². The molecule has 0 saturated heterocycles. The number of halogens is 3. The van der Waals surface area contributed by atoms with Crippen molar-refractivity contribution in [2.45, 2.75) is 26.9 Å². The molecule has 2 rings (SSSR count). The molecule has 0 aromatic heterocycles. The number of alkyl halides is 3. The van der Waals surface area contributed by atoms with E-state index in [2.05, 4.69) is 10.6 Å². The van der Waals surface area contributed by atoms with Gasteiger partial charge in [0.15, 0.2) is 0 Å². The first kappa shape index (κ1) is 21.5. The molecule has 7 heteroatoms. The summed E-state index contributed by atoms with van der Waals surface area (Å²) < 4.78 is 38.0. The van der Waals surface area contributed by atoms with Gasteiger partial charge in [0, 0.05) is 24.1 Å². The lowest BCUT2D eigenvalue weighted by Crippen LogP contribution is -2.39. The third kappa shape index (κ3) is 5.84. The summed E-state index contributed by atoms with van der Waals surface area (Å²) in [6.07, 6.45) is -4.39. The van der Waals surface area contributed by atoms with Gasteiger partial charge in [-0.1, -0.05) is 45.0 Å². The highest BCUT2D eigenvalue weighted by Crippen LogP contribution is 2.31. The van der Waals surface area contributed by atoms with Crippen LogP contribution >= 0.6 is 0 Å². The van der Waals surface area contributed by atoms with Crippen LogP contribution in [-0.2, 0) is 11.0 Å². The summed E-state index contributed by atoms with van der Waals surface area (Å²) in [5, 5.41) is 5.45. The van der Waals surface area contributed by atoms with Crippen molar-refractivity contribution in [3.8, 4) is 11.1 Å². The van der Waals surface area contributed by atoms with Gasteiger partial charge in [-0.2, -0.15) is 13.2 Å². The zero-order valence-electron chi connectivity index (χ0n) is 16.0. The molecule has 0 bridgehead atoms. The average molecular weight is 392 g/mol. The van der Waals surface area contributed by atoms with Crippen LogP contribution in [0.15, 0.2) is 48.5 Å². The van der Waals surface area contributed by atoms with Crippen LogP contribution in [0.4, 0.5) is 13.2 Å². The third-order valence-electron chi connectivity index (χ3n) is 4.05. The third-order valence-corrected chi connectivity index (χ3v) is 4.05. The van der Waals surface area contributed by atoms with Crippen molar-refractivity contribution in [3.63, 3.8) is 0 Å². The molecule has 0 unspecified atom stereocenters. The minimum Gasteiger partial charge on any atom is -0.354 e. The van der Waals surface area contributed by atoms with Crippen molar-refractivity contribution in [3.05, 3.63) is 59.7 Å². The van der Waals surface area contributed by atoms with Crippen molar-refractivity contribution in [2.24, 2.45) is 5.41 Å². The summed E-state index contributed by atoms with van der Waals surface area (Å²) in [6, 6.07) is 11.4. The zero-order valence-corrected chi connectivity index (χ0v) is 16.0. The minimum absolute atomic E-state index is 0.106. The zero-order chi connectivity index (χ0) is 20.9. The van der Waals surface area contributed by atoms with Crippen LogP contribution in [-0.4, -0.2) is 24.9 Å². The predicted molar refractivity (Wildman–Crippen MR) is 102 cm³/mol. The summed E-state index contributed by atoms with van der Waals surface area (Å²) >= 11 is 0. The van der Waals surface area contributed by atoms with Crippen LogP contribution in [0, 0.1) is 5.41 Å². The molecule has 0 spiro atoms. The fourth-order valence-electron chi connectivity index (χ4n) is 2.41. The summed E-state index contributed by atoms with van der Waals surface area (Å²) in [5.41, 5.74) is 0.393. The van der Waals surface area contributed by atoms with Gasteiger partial charge in [0.2, 0.25) is 5.91 Å². The number of rotatable bonds is 5. The summed E-state index contributed by atoms with van der Waals surface area (Å²) in [4.78, 5) is 24.1. The van der Waals surface area contributed by atoms with Crippen LogP contribution in [0.1, 0.15) is 36.7 Å². The van der Waals surface area contributed by atoms with Crippen LogP contribution in [0.5, 0.6) is 0 Å². The van der Waals surface area contributed by atoms with Gasteiger partial charge in [0.25, 0.3) is 5.91 Å². The fraction of sp³-hybridized carbons (Fsp3) is 0.333. The Bertz CT molecular complexity index is 838. The number of amides is 2. The first-order valence-electron chi connectivity index (χ1n) is 8.83. The highest BCUT2D eigenvalue weighted by molar-refractivity contribution is 5.95. The molecule has 150 valence electrons. The van der Waals surface area contributed by atoms with Crippen LogP contribution in [0.3, 0.4) is 0 Å². The van der Waals surface area contributed by atoms with Crippen molar-refractivity contribution < 1.29 is 22.8 Å². The second-order valence-electron chi connectivity index (χ2n) is 7.42. The predicted octanol–water partition coefficient (Wildman–Crippen LogP) is 4.26. The summed E-state index contributed by atoms with van der Waals surface area (Å²) in [6.45, 7) is 5.97. The molecule has 0 atom stereocenters. The van der Waals surface area contributed by atoms with E-state index in [0.29, 0.717) is 23.2 Å². The van der Waals surface area contributed by atoms with E-state index in [1.54, 1.807) is 45.0 Å². The molecule has 0 aliphatic rings. The van der Waals surface area contributed by atoms with Gasteiger partial charge in [0.1, 0.15) is 0 Å². The van der Waals surface area contributed by atoms with Gasteiger partial charge < -0.3 is 10.6 Å². The highest BCUT2D eigenvalue weighted by Gasteiger charge is 2.30. The molecule has 2 aromatic carbocycles. The molecule has 28 heavy (non-hydrogen) atoms. The molecule has 0 heterocycles. The topological polar surface area (TPSA) is 58.2 Å². The molecule has 0 aliphatic heterocycles. The van der Waals surface area contributed by atoms with E-state index in [4.69, 9.17) is 0 Å². The number of carbonyl (C=O) groups excluding carboxylic acids is 2. The number of nitrogens with one attached hydrogen (secondary N) is 2. The molecule has 0 aliphatic carbocycles. The van der Waals surface area contributed by atoms with Gasteiger partial charge in [-0.15, -0.1) is 0 Å². The summed E-state index contributed by atoms with van der Waals surface area (Å²) in [7, 11) is 0. The van der Waals surface area contributed by atoms with Crippen molar-refractivity contribution >= 4 is 11.8 Å². The van der Waals surface area contributed by atoms with Crippen molar-refractivity contribution in [2.75, 3.05) is 13.1 Å². The monoisotopic (exact) mass is 392 g/mol. The molecule has 2 amide bonds. The van der Waals surface area contributed by atoms with Crippen molar-refractivity contribution in [1.29, 1.82) is 0 Å². The van der Waals surface area contributed by atoms with Crippen LogP contribution < -0.4 is 10.6 Å². The van der Waals surface area contributed by atoms with E-state index in [1.807, 2.05) is 0 Å². The van der Waals surface area contributed by atoms with E-state index in [1.165, 1.54) is 12.1 Å².